The summed E-state index contributed by atoms with van der Waals surface area (Å²) < 4.78 is 0. The van der Waals surface area contributed by atoms with Crippen molar-refractivity contribution in [2.24, 2.45) is 0 Å². The number of amides is 1. The summed E-state index contributed by atoms with van der Waals surface area (Å²) in [6.07, 6.45) is 4.54. The third-order valence-electron chi connectivity index (χ3n) is 6.00. The summed E-state index contributed by atoms with van der Waals surface area (Å²) in [6, 6.07) is 24.2. The summed E-state index contributed by atoms with van der Waals surface area (Å²) in [4.78, 5) is 21.8. The molecular weight excluding hydrogens is 428 g/mol. The SMILES string of the molecule is N#Cc1cc2c(nc1SCC(=O)Nc1cccc3ncccc13)CCC(c1ccccc1)C2. The molecule has 162 valence electrons. The number of nitrogens with one attached hydrogen (secondary N) is 1. The van der Waals surface area contributed by atoms with Gasteiger partial charge < -0.3 is 5.32 Å². The number of nitrogens with zero attached hydrogens (tertiary/aromatic N) is 3. The Morgan fingerprint density at radius 1 is 1.12 bits per heavy atom. The van der Waals surface area contributed by atoms with Crippen LogP contribution in [0.4, 0.5) is 5.69 Å². The normalized spacial score (nSPS) is 14.9. The number of thioether (sulfide) groups is 1. The fourth-order valence-electron chi connectivity index (χ4n) is 4.38. The lowest BCUT2D eigenvalue weighted by atomic mass is 9.82. The molecule has 0 fully saturated rings. The molecule has 2 aromatic carbocycles. The summed E-state index contributed by atoms with van der Waals surface area (Å²) in [7, 11) is 0. The number of carbonyl (C=O) groups excluding carboxylic acids is 1. The molecule has 33 heavy (non-hydrogen) atoms. The minimum Gasteiger partial charge on any atom is -0.325 e. The molecule has 6 heteroatoms. The molecule has 1 unspecified atom stereocenters. The molecule has 0 spiro atoms. The quantitative estimate of drug-likeness (QED) is 0.406. The smallest absolute Gasteiger partial charge is 0.234 e. The van der Waals surface area contributed by atoms with E-state index >= 15 is 0 Å². The van der Waals surface area contributed by atoms with Crippen LogP contribution in [0.1, 0.15) is 34.7 Å². The van der Waals surface area contributed by atoms with E-state index in [1.165, 1.54) is 17.3 Å². The maximum atomic E-state index is 12.7. The van der Waals surface area contributed by atoms with Gasteiger partial charge in [-0.2, -0.15) is 5.26 Å². The van der Waals surface area contributed by atoms with Crippen molar-refractivity contribution < 1.29 is 4.79 Å². The average Bonchev–Trinajstić information content (AvgIpc) is 2.87. The van der Waals surface area contributed by atoms with Crippen LogP contribution < -0.4 is 5.32 Å². The van der Waals surface area contributed by atoms with Crippen LogP contribution in [0.15, 0.2) is 78.0 Å². The highest BCUT2D eigenvalue weighted by molar-refractivity contribution is 8.00. The van der Waals surface area contributed by atoms with E-state index in [0.717, 1.165) is 47.1 Å². The van der Waals surface area contributed by atoms with Crippen LogP contribution in [0, 0.1) is 11.3 Å². The predicted octanol–water partition coefficient (Wildman–Crippen LogP) is 5.50. The van der Waals surface area contributed by atoms with Crippen LogP contribution in [-0.2, 0) is 17.6 Å². The molecule has 0 saturated heterocycles. The first-order valence-corrected chi connectivity index (χ1v) is 11.9. The van der Waals surface area contributed by atoms with Gasteiger partial charge in [0, 0.05) is 17.3 Å². The Morgan fingerprint density at radius 3 is 2.85 bits per heavy atom. The minimum atomic E-state index is -0.135. The number of hydrogen-bond donors (Lipinski definition) is 1. The number of hydrogen-bond acceptors (Lipinski definition) is 5. The summed E-state index contributed by atoms with van der Waals surface area (Å²) in [5.74, 6) is 0.499. The van der Waals surface area contributed by atoms with Gasteiger partial charge in [-0.15, -0.1) is 0 Å². The lowest BCUT2D eigenvalue weighted by molar-refractivity contribution is -0.113. The van der Waals surface area contributed by atoms with E-state index in [-0.39, 0.29) is 11.7 Å². The van der Waals surface area contributed by atoms with E-state index in [1.54, 1.807) is 6.20 Å². The first-order chi connectivity index (χ1) is 16.2. The van der Waals surface area contributed by atoms with Crippen LogP contribution in [0.5, 0.6) is 0 Å². The van der Waals surface area contributed by atoms with E-state index in [1.807, 2.05) is 42.5 Å². The van der Waals surface area contributed by atoms with Crippen LogP contribution in [0.2, 0.25) is 0 Å². The maximum Gasteiger partial charge on any atom is 0.234 e. The molecule has 0 radical (unpaired) electrons. The Bertz CT molecular complexity index is 1360. The zero-order valence-corrected chi connectivity index (χ0v) is 18.8. The molecular formula is C27H22N4OS. The number of carbonyl (C=O) groups is 1. The topological polar surface area (TPSA) is 78.7 Å². The van der Waals surface area contributed by atoms with Gasteiger partial charge in [0.1, 0.15) is 11.1 Å². The van der Waals surface area contributed by atoms with Crippen LogP contribution in [0.3, 0.4) is 0 Å². The van der Waals surface area contributed by atoms with E-state index < -0.39 is 0 Å². The van der Waals surface area contributed by atoms with Gasteiger partial charge in [0.05, 0.1) is 22.5 Å². The molecule has 4 aromatic rings. The highest BCUT2D eigenvalue weighted by atomic mass is 32.2. The van der Waals surface area contributed by atoms with Gasteiger partial charge in [-0.1, -0.05) is 48.2 Å². The molecule has 1 aliphatic rings. The molecule has 0 aliphatic heterocycles. The maximum absolute atomic E-state index is 12.7. The number of fused-ring (bicyclic) bond motifs is 2. The zero-order chi connectivity index (χ0) is 22.6. The highest BCUT2D eigenvalue weighted by Gasteiger charge is 2.23. The Kier molecular flexibility index (Phi) is 6.05. The second-order valence-electron chi connectivity index (χ2n) is 8.12. The summed E-state index contributed by atoms with van der Waals surface area (Å²) in [6.45, 7) is 0. The third-order valence-corrected chi connectivity index (χ3v) is 6.99. The molecule has 5 nitrogen and oxygen atoms in total. The molecule has 2 aromatic heterocycles. The molecule has 2 heterocycles. The first-order valence-electron chi connectivity index (χ1n) is 11.0. The molecule has 1 atom stereocenters. The van der Waals surface area contributed by atoms with Crippen molar-refractivity contribution in [3.8, 4) is 6.07 Å². The number of aromatic nitrogens is 2. The molecule has 5 rings (SSSR count). The standard InChI is InChI=1S/C27H22N4OS/c28-16-21-15-20-14-19(18-6-2-1-3-7-18)11-12-23(20)31-27(21)33-17-26(32)30-25-10-4-9-24-22(25)8-5-13-29-24/h1-10,13,15,19H,11-12,14,17H2,(H,30,32). The monoisotopic (exact) mass is 450 g/mol. The molecule has 1 aliphatic carbocycles. The van der Waals surface area contributed by atoms with Crippen molar-refractivity contribution >= 4 is 34.3 Å². The first kappa shape index (κ1) is 21.2. The van der Waals surface area contributed by atoms with Crippen molar-refractivity contribution in [2.45, 2.75) is 30.2 Å². The molecule has 0 saturated carbocycles. The number of benzene rings is 2. The Morgan fingerprint density at radius 2 is 2.00 bits per heavy atom. The second kappa shape index (κ2) is 9.43. The summed E-state index contributed by atoms with van der Waals surface area (Å²) >= 11 is 1.31. The predicted molar refractivity (Wildman–Crippen MR) is 131 cm³/mol. The van der Waals surface area contributed by atoms with Crippen LogP contribution in [0.25, 0.3) is 10.9 Å². The Labute approximate surface area is 196 Å². The van der Waals surface area contributed by atoms with E-state index in [0.29, 0.717) is 16.5 Å². The summed E-state index contributed by atoms with van der Waals surface area (Å²) in [5, 5.41) is 14.2. The van der Waals surface area contributed by atoms with Crippen molar-refractivity contribution in [1.82, 2.24) is 9.97 Å². The lowest BCUT2D eigenvalue weighted by Crippen LogP contribution is -2.16. The van der Waals surface area contributed by atoms with Crippen LogP contribution >= 0.6 is 11.8 Å². The fourth-order valence-corrected chi connectivity index (χ4v) is 5.15. The molecule has 1 amide bonds. The number of aryl methyl sites for hydroxylation is 1. The van der Waals surface area contributed by atoms with E-state index in [9.17, 15) is 10.1 Å². The largest absolute Gasteiger partial charge is 0.325 e. The van der Waals surface area contributed by atoms with Crippen molar-refractivity contribution in [3.63, 3.8) is 0 Å². The number of nitriles is 1. The number of rotatable bonds is 5. The van der Waals surface area contributed by atoms with Gasteiger partial charge in [-0.3, -0.25) is 9.78 Å². The number of anilines is 1. The zero-order valence-electron chi connectivity index (χ0n) is 18.0. The van der Waals surface area contributed by atoms with Gasteiger partial charge in [0.2, 0.25) is 5.91 Å². The number of pyridine rings is 2. The average molecular weight is 451 g/mol. The summed E-state index contributed by atoms with van der Waals surface area (Å²) in [5.41, 5.74) is 5.62. The van der Waals surface area contributed by atoms with Crippen molar-refractivity contribution in [2.75, 3.05) is 11.1 Å². The van der Waals surface area contributed by atoms with Gasteiger partial charge in [0.15, 0.2) is 0 Å². The lowest BCUT2D eigenvalue weighted by Gasteiger charge is -2.25. The van der Waals surface area contributed by atoms with Crippen molar-refractivity contribution in [1.29, 1.82) is 5.26 Å². The van der Waals surface area contributed by atoms with Gasteiger partial charge in [0.25, 0.3) is 0 Å². The van der Waals surface area contributed by atoms with Crippen LogP contribution in [-0.4, -0.2) is 21.6 Å². The van der Waals surface area contributed by atoms with E-state index in [2.05, 4.69) is 40.6 Å². The van der Waals surface area contributed by atoms with E-state index in [4.69, 9.17) is 4.98 Å². The Balaban J connectivity index is 1.29. The highest BCUT2D eigenvalue weighted by Crippen LogP contribution is 2.34. The fraction of sp³-hybridized carbons (Fsp3) is 0.185. The third kappa shape index (κ3) is 4.59. The second-order valence-corrected chi connectivity index (χ2v) is 9.09. The van der Waals surface area contributed by atoms with Crippen molar-refractivity contribution in [3.05, 3.63) is 95.3 Å². The van der Waals surface area contributed by atoms with Gasteiger partial charge in [-0.05, 0) is 66.6 Å². The molecule has 1 N–H and O–H groups in total. The minimum absolute atomic E-state index is 0.135. The molecule has 0 bridgehead atoms. The van der Waals surface area contributed by atoms with Gasteiger partial charge >= 0.3 is 0 Å². The van der Waals surface area contributed by atoms with Gasteiger partial charge in [-0.25, -0.2) is 4.98 Å². The Hall–Kier alpha value is -3.69.